The van der Waals surface area contributed by atoms with Crippen LogP contribution in [0.25, 0.3) is 11.0 Å². The maximum absolute atomic E-state index is 9.69. The topological polar surface area (TPSA) is 73.3 Å². The van der Waals surface area contributed by atoms with E-state index < -0.39 is 0 Å². The number of nitrogens with two attached hydrogens (primary N) is 1. The van der Waals surface area contributed by atoms with E-state index in [1.165, 1.54) is 0 Å². The highest BCUT2D eigenvalue weighted by molar-refractivity contribution is 5.76. The van der Waals surface area contributed by atoms with Crippen LogP contribution in [0.5, 0.6) is 0 Å². The second-order valence-corrected chi connectivity index (χ2v) is 4.61. The van der Waals surface area contributed by atoms with E-state index >= 15 is 0 Å². The molecule has 0 spiro atoms. The zero-order chi connectivity index (χ0) is 13.8. The molecule has 2 rings (SSSR count). The Morgan fingerprint density at radius 3 is 2.79 bits per heavy atom. The zero-order valence-electron chi connectivity index (χ0n) is 11.4. The number of benzene rings is 1. The number of aliphatic hydroxyl groups excluding tert-OH is 1. The Hall–Kier alpha value is -1.43. The molecule has 0 aliphatic carbocycles. The molecule has 0 saturated carbocycles. The summed E-state index contributed by atoms with van der Waals surface area (Å²) in [5, 5.41) is 9.69. The fourth-order valence-electron chi connectivity index (χ4n) is 2.43. The number of hydrogen-bond acceptors (Lipinski definition) is 4. The normalized spacial score (nSPS) is 14.7. The van der Waals surface area contributed by atoms with Gasteiger partial charge in [0.05, 0.1) is 36.3 Å². The van der Waals surface area contributed by atoms with Crippen LogP contribution in [-0.4, -0.2) is 41.0 Å². The van der Waals surface area contributed by atoms with Crippen LogP contribution >= 0.6 is 0 Å². The molecule has 2 aromatic rings. The minimum Gasteiger partial charge on any atom is -0.394 e. The van der Waals surface area contributed by atoms with Gasteiger partial charge in [-0.1, -0.05) is 19.1 Å². The number of methoxy groups -OCH3 is 1. The first-order chi connectivity index (χ1) is 9.22. The Morgan fingerprint density at radius 2 is 2.16 bits per heavy atom. The summed E-state index contributed by atoms with van der Waals surface area (Å²) < 4.78 is 7.14. The molecule has 0 radical (unpaired) electrons. The van der Waals surface area contributed by atoms with Gasteiger partial charge in [-0.15, -0.1) is 0 Å². The van der Waals surface area contributed by atoms with Crippen LogP contribution in [0.15, 0.2) is 24.3 Å². The average molecular weight is 263 g/mol. The Balaban J connectivity index is 2.51. The predicted molar refractivity (Wildman–Crippen MR) is 75.1 cm³/mol. The van der Waals surface area contributed by atoms with E-state index in [1.54, 1.807) is 7.11 Å². The highest BCUT2D eigenvalue weighted by Gasteiger charge is 2.23. The minimum absolute atomic E-state index is 0.0299. The smallest absolute Gasteiger partial charge is 0.109 e. The fourth-order valence-corrected chi connectivity index (χ4v) is 2.43. The van der Waals surface area contributed by atoms with Crippen molar-refractivity contribution in [2.45, 2.75) is 25.4 Å². The third-order valence-electron chi connectivity index (χ3n) is 3.36. The molecule has 104 valence electrons. The molecule has 1 heterocycles. The van der Waals surface area contributed by atoms with Crippen molar-refractivity contribution < 1.29 is 9.84 Å². The number of aliphatic hydroxyl groups is 1. The number of ether oxygens (including phenoxy) is 1. The van der Waals surface area contributed by atoms with Crippen LogP contribution in [0, 0.1) is 0 Å². The largest absolute Gasteiger partial charge is 0.394 e. The van der Waals surface area contributed by atoms with Crippen LogP contribution in [0.1, 0.15) is 18.8 Å². The monoisotopic (exact) mass is 263 g/mol. The molecular formula is C14H21N3O2. The molecule has 0 aliphatic rings. The molecule has 0 bridgehead atoms. The van der Waals surface area contributed by atoms with Crippen molar-refractivity contribution in [2.24, 2.45) is 5.73 Å². The lowest BCUT2D eigenvalue weighted by molar-refractivity contribution is 0.130. The van der Waals surface area contributed by atoms with Crippen LogP contribution in [-0.2, 0) is 11.2 Å². The summed E-state index contributed by atoms with van der Waals surface area (Å²) in [7, 11) is 1.61. The van der Waals surface area contributed by atoms with Gasteiger partial charge >= 0.3 is 0 Å². The van der Waals surface area contributed by atoms with Crippen LogP contribution in [0.2, 0.25) is 0 Å². The molecule has 1 aromatic heterocycles. The number of imidazole rings is 1. The highest BCUT2D eigenvalue weighted by atomic mass is 16.5. The number of nitrogens with zero attached hydrogens (tertiary/aromatic N) is 2. The van der Waals surface area contributed by atoms with Gasteiger partial charge in [-0.05, 0) is 12.1 Å². The SMILES string of the molecule is CCc1nc2ccccc2n1C(CO)C(N)COC. The molecule has 19 heavy (non-hydrogen) atoms. The van der Waals surface area contributed by atoms with Gasteiger partial charge in [0.2, 0.25) is 0 Å². The average Bonchev–Trinajstić information content (AvgIpc) is 2.79. The van der Waals surface area contributed by atoms with Gasteiger partial charge in [0.15, 0.2) is 0 Å². The van der Waals surface area contributed by atoms with Crippen molar-refractivity contribution in [3.63, 3.8) is 0 Å². The van der Waals surface area contributed by atoms with E-state index in [0.717, 1.165) is 23.3 Å². The lowest BCUT2D eigenvalue weighted by Crippen LogP contribution is -2.38. The first-order valence-electron chi connectivity index (χ1n) is 6.54. The number of fused-ring (bicyclic) bond motifs is 1. The Labute approximate surface area is 113 Å². The van der Waals surface area contributed by atoms with E-state index in [0.29, 0.717) is 6.61 Å². The third-order valence-corrected chi connectivity index (χ3v) is 3.36. The van der Waals surface area contributed by atoms with E-state index in [9.17, 15) is 5.11 Å². The highest BCUT2D eigenvalue weighted by Crippen LogP contribution is 2.23. The van der Waals surface area contributed by atoms with Crippen LogP contribution in [0.3, 0.4) is 0 Å². The first-order valence-corrected chi connectivity index (χ1v) is 6.54. The van der Waals surface area contributed by atoms with Gasteiger partial charge in [-0.25, -0.2) is 4.98 Å². The summed E-state index contributed by atoms with van der Waals surface area (Å²) in [4.78, 5) is 4.60. The molecule has 1 aromatic carbocycles. The number of para-hydroxylation sites is 2. The van der Waals surface area contributed by atoms with E-state index in [-0.39, 0.29) is 18.7 Å². The van der Waals surface area contributed by atoms with Crippen LogP contribution < -0.4 is 5.73 Å². The van der Waals surface area contributed by atoms with Crippen molar-refractivity contribution in [1.82, 2.24) is 9.55 Å². The molecule has 2 unspecified atom stereocenters. The molecular weight excluding hydrogens is 242 g/mol. The molecule has 5 heteroatoms. The molecule has 0 fully saturated rings. The van der Waals surface area contributed by atoms with Crippen molar-refractivity contribution in [3.8, 4) is 0 Å². The molecule has 0 saturated heterocycles. The lowest BCUT2D eigenvalue weighted by Gasteiger charge is -2.25. The molecule has 5 nitrogen and oxygen atoms in total. The molecule has 0 amide bonds. The predicted octanol–water partition coefficient (Wildman–Crippen LogP) is 1.11. The second-order valence-electron chi connectivity index (χ2n) is 4.61. The first kappa shape index (κ1) is 14.0. The Kier molecular flexibility index (Phi) is 4.52. The fraction of sp³-hybridized carbons (Fsp3) is 0.500. The Morgan fingerprint density at radius 1 is 1.42 bits per heavy atom. The summed E-state index contributed by atoms with van der Waals surface area (Å²) in [6.45, 7) is 2.42. The standard InChI is InChI=1S/C14H21N3O2/c1-3-14-16-11-6-4-5-7-12(11)17(14)13(8-18)10(15)9-19-2/h4-7,10,13,18H,3,8-9,15H2,1-2H3. The van der Waals surface area contributed by atoms with Gasteiger partial charge in [0.1, 0.15) is 5.82 Å². The number of rotatable bonds is 6. The number of aromatic nitrogens is 2. The van der Waals surface area contributed by atoms with Crippen molar-refractivity contribution in [1.29, 1.82) is 0 Å². The summed E-state index contributed by atoms with van der Waals surface area (Å²) >= 11 is 0. The van der Waals surface area contributed by atoms with Gasteiger partial charge in [0, 0.05) is 13.5 Å². The molecule has 2 atom stereocenters. The van der Waals surface area contributed by atoms with E-state index in [2.05, 4.69) is 4.98 Å². The van der Waals surface area contributed by atoms with Crippen molar-refractivity contribution in [3.05, 3.63) is 30.1 Å². The molecule has 0 aliphatic heterocycles. The molecule has 3 N–H and O–H groups in total. The van der Waals surface area contributed by atoms with Crippen LogP contribution in [0.4, 0.5) is 0 Å². The second kappa shape index (κ2) is 6.14. The summed E-state index contributed by atoms with van der Waals surface area (Å²) in [6, 6.07) is 7.42. The van der Waals surface area contributed by atoms with Gasteiger partial charge < -0.3 is 20.1 Å². The van der Waals surface area contributed by atoms with E-state index in [1.807, 2.05) is 35.8 Å². The van der Waals surface area contributed by atoms with Gasteiger partial charge in [-0.2, -0.15) is 0 Å². The lowest BCUT2D eigenvalue weighted by atomic mass is 10.1. The van der Waals surface area contributed by atoms with E-state index in [4.69, 9.17) is 10.5 Å². The number of aryl methyl sites for hydroxylation is 1. The Bertz CT molecular complexity index is 538. The third kappa shape index (κ3) is 2.63. The zero-order valence-corrected chi connectivity index (χ0v) is 11.4. The summed E-state index contributed by atoms with van der Waals surface area (Å²) in [5.74, 6) is 0.937. The van der Waals surface area contributed by atoms with Gasteiger partial charge in [-0.3, -0.25) is 0 Å². The maximum atomic E-state index is 9.69. The number of hydrogen-bond donors (Lipinski definition) is 2. The van der Waals surface area contributed by atoms with Crippen molar-refractivity contribution >= 4 is 11.0 Å². The maximum Gasteiger partial charge on any atom is 0.109 e. The minimum atomic E-state index is -0.266. The van der Waals surface area contributed by atoms with Crippen molar-refractivity contribution in [2.75, 3.05) is 20.3 Å². The quantitative estimate of drug-likeness (QED) is 0.818. The summed E-state index contributed by atoms with van der Waals surface area (Å²) in [6.07, 6.45) is 0.797. The summed E-state index contributed by atoms with van der Waals surface area (Å²) in [5.41, 5.74) is 8.05. The van der Waals surface area contributed by atoms with Gasteiger partial charge in [0.25, 0.3) is 0 Å².